The molecule has 98 valence electrons. The largest absolute Gasteiger partial charge is 0.315 e. The Kier molecular flexibility index (Phi) is 4.49. The highest BCUT2D eigenvalue weighted by atomic mass is 32.1. The fraction of sp³-hybridized carbons (Fsp3) is 0.538. The minimum Gasteiger partial charge on any atom is -0.315 e. The number of anilines is 1. The average molecular weight is 265 g/mol. The van der Waals surface area contributed by atoms with Gasteiger partial charge in [-0.3, -0.25) is 4.79 Å². The van der Waals surface area contributed by atoms with Gasteiger partial charge in [0.2, 0.25) is 5.91 Å². The van der Waals surface area contributed by atoms with Gasteiger partial charge in [0.05, 0.1) is 12.1 Å². The normalized spacial score (nSPS) is 11.1. The van der Waals surface area contributed by atoms with E-state index in [0.717, 1.165) is 10.4 Å². The van der Waals surface area contributed by atoms with Crippen LogP contribution in [0, 0.1) is 25.2 Å². The summed E-state index contributed by atoms with van der Waals surface area (Å²) in [6.07, 6.45) is 0. The molecule has 1 aromatic rings. The van der Waals surface area contributed by atoms with Gasteiger partial charge in [-0.15, -0.1) is 11.3 Å². The number of rotatable bonds is 3. The molecule has 0 fully saturated rings. The third-order valence-electron chi connectivity index (χ3n) is 2.53. The van der Waals surface area contributed by atoms with Gasteiger partial charge in [-0.1, -0.05) is 0 Å². The molecule has 0 bridgehead atoms. The van der Waals surface area contributed by atoms with E-state index in [9.17, 15) is 4.79 Å². The monoisotopic (exact) mass is 265 g/mol. The van der Waals surface area contributed by atoms with Gasteiger partial charge in [0.25, 0.3) is 0 Å². The van der Waals surface area contributed by atoms with E-state index in [2.05, 4.69) is 16.7 Å². The Hall–Kier alpha value is -1.38. The SMILES string of the molecule is Cc1sc(NC(=O)CNC(C)(C)C)c(C#N)c1C. The van der Waals surface area contributed by atoms with E-state index < -0.39 is 0 Å². The Morgan fingerprint density at radius 2 is 2.00 bits per heavy atom. The molecule has 0 unspecified atom stereocenters. The van der Waals surface area contributed by atoms with Gasteiger partial charge in [-0.2, -0.15) is 5.26 Å². The molecule has 0 aromatic carbocycles. The third-order valence-corrected chi connectivity index (χ3v) is 3.65. The fourth-order valence-electron chi connectivity index (χ4n) is 1.37. The number of nitrogens with one attached hydrogen (secondary N) is 2. The predicted octanol–water partition coefficient (Wildman–Crippen LogP) is 2.56. The highest BCUT2D eigenvalue weighted by Gasteiger charge is 2.16. The molecular formula is C13H19N3OS. The lowest BCUT2D eigenvalue weighted by atomic mass is 10.1. The van der Waals surface area contributed by atoms with Crippen LogP contribution in [0.25, 0.3) is 0 Å². The number of thiophene rings is 1. The van der Waals surface area contributed by atoms with Crippen LogP contribution in [0.15, 0.2) is 0 Å². The molecule has 18 heavy (non-hydrogen) atoms. The van der Waals surface area contributed by atoms with Crippen LogP contribution >= 0.6 is 11.3 Å². The van der Waals surface area contributed by atoms with Gasteiger partial charge >= 0.3 is 0 Å². The number of hydrogen-bond acceptors (Lipinski definition) is 4. The fourth-order valence-corrected chi connectivity index (χ4v) is 2.39. The van der Waals surface area contributed by atoms with Crippen molar-refractivity contribution in [1.82, 2.24) is 5.32 Å². The number of amides is 1. The minimum absolute atomic E-state index is 0.101. The molecule has 2 N–H and O–H groups in total. The van der Waals surface area contributed by atoms with Crippen LogP contribution < -0.4 is 10.6 Å². The second-order valence-corrected chi connectivity index (χ2v) is 6.48. The number of nitriles is 1. The number of carbonyl (C=O) groups is 1. The number of nitrogens with zero attached hydrogens (tertiary/aromatic N) is 1. The van der Waals surface area contributed by atoms with Crippen LogP contribution in [0.2, 0.25) is 0 Å². The summed E-state index contributed by atoms with van der Waals surface area (Å²) in [7, 11) is 0. The Morgan fingerprint density at radius 1 is 1.39 bits per heavy atom. The summed E-state index contributed by atoms with van der Waals surface area (Å²) < 4.78 is 0. The van der Waals surface area contributed by atoms with Crippen molar-refractivity contribution >= 4 is 22.2 Å². The maximum atomic E-state index is 11.8. The van der Waals surface area contributed by atoms with Crippen molar-refractivity contribution < 1.29 is 4.79 Å². The van der Waals surface area contributed by atoms with Crippen LogP contribution in [0.3, 0.4) is 0 Å². The van der Waals surface area contributed by atoms with E-state index in [1.165, 1.54) is 11.3 Å². The van der Waals surface area contributed by atoms with Crippen molar-refractivity contribution in [1.29, 1.82) is 5.26 Å². The molecular weight excluding hydrogens is 246 g/mol. The van der Waals surface area contributed by atoms with Gasteiger partial charge in [0, 0.05) is 10.4 Å². The van der Waals surface area contributed by atoms with E-state index in [0.29, 0.717) is 10.6 Å². The lowest BCUT2D eigenvalue weighted by Gasteiger charge is -2.19. The summed E-state index contributed by atoms with van der Waals surface area (Å²) in [6, 6.07) is 2.14. The van der Waals surface area contributed by atoms with Crippen molar-refractivity contribution in [2.45, 2.75) is 40.2 Å². The molecule has 1 rings (SSSR count). The molecule has 5 heteroatoms. The van der Waals surface area contributed by atoms with E-state index in [-0.39, 0.29) is 18.0 Å². The molecule has 0 saturated carbocycles. The zero-order valence-corrected chi connectivity index (χ0v) is 12.3. The molecule has 1 amide bonds. The van der Waals surface area contributed by atoms with E-state index in [4.69, 9.17) is 5.26 Å². The zero-order valence-electron chi connectivity index (χ0n) is 11.5. The van der Waals surface area contributed by atoms with Crippen molar-refractivity contribution in [3.63, 3.8) is 0 Å². The standard InChI is InChI=1S/C13H19N3OS/c1-8-9(2)18-12(10(8)6-14)16-11(17)7-15-13(3,4)5/h15H,7H2,1-5H3,(H,16,17). The number of aryl methyl sites for hydroxylation is 1. The maximum Gasteiger partial charge on any atom is 0.238 e. The summed E-state index contributed by atoms with van der Waals surface area (Å²) in [5.74, 6) is -0.123. The van der Waals surface area contributed by atoms with E-state index in [1.54, 1.807) is 0 Å². The van der Waals surface area contributed by atoms with Crippen LogP contribution in [0.5, 0.6) is 0 Å². The molecule has 0 atom stereocenters. The summed E-state index contributed by atoms with van der Waals surface area (Å²) in [5.41, 5.74) is 1.42. The molecule has 4 nitrogen and oxygen atoms in total. The van der Waals surface area contributed by atoms with Crippen LogP contribution in [0.1, 0.15) is 36.8 Å². The second kappa shape index (κ2) is 5.51. The zero-order chi connectivity index (χ0) is 13.9. The Bertz CT molecular complexity index is 492. The van der Waals surface area contributed by atoms with Gasteiger partial charge in [0.1, 0.15) is 11.1 Å². The summed E-state index contributed by atoms with van der Waals surface area (Å²) in [6.45, 7) is 10.1. The first-order valence-electron chi connectivity index (χ1n) is 5.79. The van der Waals surface area contributed by atoms with Crippen LogP contribution in [-0.2, 0) is 4.79 Å². The quantitative estimate of drug-likeness (QED) is 0.882. The molecule has 0 aliphatic rings. The average Bonchev–Trinajstić information content (AvgIpc) is 2.50. The lowest BCUT2D eigenvalue weighted by Crippen LogP contribution is -2.41. The lowest BCUT2D eigenvalue weighted by molar-refractivity contribution is -0.115. The first-order valence-corrected chi connectivity index (χ1v) is 6.61. The summed E-state index contributed by atoms with van der Waals surface area (Å²) in [4.78, 5) is 12.8. The van der Waals surface area contributed by atoms with Crippen molar-refractivity contribution in [3.05, 3.63) is 16.0 Å². The minimum atomic E-state index is -0.123. The molecule has 0 spiro atoms. The van der Waals surface area contributed by atoms with Crippen molar-refractivity contribution in [3.8, 4) is 6.07 Å². The van der Waals surface area contributed by atoms with Crippen molar-refractivity contribution in [2.24, 2.45) is 0 Å². The van der Waals surface area contributed by atoms with Crippen LogP contribution in [0.4, 0.5) is 5.00 Å². The van der Waals surface area contributed by atoms with Gasteiger partial charge < -0.3 is 10.6 Å². The summed E-state index contributed by atoms with van der Waals surface area (Å²) >= 11 is 1.45. The molecule has 1 aromatic heterocycles. The third kappa shape index (κ3) is 3.83. The van der Waals surface area contributed by atoms with Crippen LogP contribution in [-0.4, -0.2) is 18.0 Å². The predicted molar refractivity (Wildman–Crippen MR) is 74.9 cm³/mol. The molecule has 1 heterocycles. The first kappa shape index (κ1) is 14.7. The smallest absolute Gasteiger partial charge is 0.238 e. The first-order chi connectivity index (χ1) is 8.24. The topological polar surface area (TPSA) is 64.9 Å². The molecule has 0 aliphatic heterocycles. The van der Waals surface area contributed by atoms with E-state index in [1.807, 2.05) is 34.6 Å². The second-order valence-electron chi connectivity index (χ2n) is 5.25. The maximum absolute atomic E-state index is 11.8. The van der Waals surface area contributed by atoms with Gasteiger partial charge in [-0.25, -0.2) is 0 Å². The highest BCUT2D eigenvalue weighted by molar-refractivity contribution is 7.16. The molecule has 0 aliphatic carbocycles. The molecule has 0 radical (unpaired) electrons. The number of hydrogen-bond donors (Lipinski definition) is 2. The highest BCUT2D eigenvalue weighted by Crippen LogP contribution is 2.31. The van der Waals surface area contributed by atoms with Crippen molar-refractivity contribution in [2.75, 3.05) is 11.9 Å². The summed E-state index contributed by atoms with van der Waals surface area (Å²) in [5, 5.41) is 15.6. The van der Waals surface area contributed by atoms with Gasteiger partial charge in [0.15, 0.2) is 0 Å². The van der Waals surface area contributed by atoms with Gasteiger partial charge in [-0.05, 0) is 40.2 Å². The Labute approximate surface area is 112 Å². The Morgan fingerprint density at radius 3 is 2.50 bits per heavy atom. The van der Waals surface area contributed by atoms with E-state index >= 15 is 0 Å². The number of carbonyl (C=O) groups excluding carboxylic acids is 1. The molecule has 0 saturated heterocycles. The Balaban J connectivity index is 2.72.